The minimum atomic E-state index is -0.771. The van der Waals surface area contributed by atoms with Crippen molar-refractivity contribution in [1.29, 1.82) is 0 Å². The van der Waals surface area contributed by atoms with Crippen molar-refractivity contribution in [2.45, 2.75) is 38.5 Å². The second kappa shape index (κ2) is 8.91. The summed E-state index contributed by atoms with van der Waals surface area (Å²) in [5.41, 5.74) is 5.30. The first-order valence-corrected chi connectivity index (χ1v) is 10.2. The molecular formula is C19H22N6O3S. The molecule has 0 amide bonds. The smallest absolute Gasteiger partial charge is 0.329 e. The van der Waals surface area contributed by atoms with Crippen LogP contribution in [0.15, 0.2) is 45.1 Å². The molecule has 152 valence electrons. The Bertz CT molecular complexity index is 1130. The van der Waals surface area contributed by atoms with Crippen molar-refractivity contribution < 1.29 is 4.79 Å². The Morgan fingerprint density at radius 3 is 2.52 bits per heavy atom. The fourth-order valence-electron chi connectivity index (χ4n) is 2.99. The molecule has 0 radical (unpaired) electrons. The van der Waals surface area contributed by atoms with Crippen molar-refractivity contribution in [2.24, 2.45) is 0 Å². The molecule has 0 aliphatic rings. The van der Waals surface area contributed by atoms with Crippen molar-refractivity contribution in [2.75, 3.05) is 11.5 Å². The summed E-state index contributed by atoms with van der Waals surface area (Å²) in [5.74, 6) is 0.0837. The standard InChI is InChI=1S/C19H22N6O3S/c1-3-10-25-15(20)14(17(27)21-18(25)28)13(26)11-29-19-23-22-16(24(19)4-2)12-8-6-5-7-9-12/h5-9H,3-4,10-11,20H2,1-2H3,(H,21,27,28). The van der Waals surface area contributed by atoms with Crippen LogP contribution in [0.25, 0.3) is 11.4 Å². The van der Waals surface area contributed by atoms with E-state index >= 15 is 0 Å². The predicted molar refractivity (Wildman–Crippen MR) is 112 cm³/mol. The number of thioether (sulfide) groups is 1. The van der Waals surface area contributed by atoms with Crippen molar-refractivity contribution in [3.8, 4) is 11.4 Å². The van der Waals surface area contributed by atoms with Gasteiger partial charge in [-0.25, -0.2) is 4.79 Å². The molecule has 2 aromatic heterocycles. The van der Waals surface area contributed by atoms with Crippen LogP contribution in [0, 0.1) is 0 Å². The molecule has 9 nitrogen and oxygen atoms in total. The second-order valence-corrected chi connectivity index (χ2v) is 7.24. The van der Waals surface area contributed by atoms with Gasteiger partial charge in [0.2, 0.25) is 0 Å². The molecule has 2 heterocycles. The molecule has 1 aromatic carbocycles. The first-order chi connectivity index (χ1) is 14.0. The molecule has 10 heteroatoms. The maximum Gasteiger partial charge on any atom is 0.329 e. The lowest BCUT2D eigenvalue weighted by Gasteiger charge is -2.11. The van der Waals surface area contributed by atoms with Crippen LogP contribution >= 0.6 is 11.8 Å². The van der Waals surface area contributed by atoms with E-state index in [1.165, 1.54) is 16.3 Å². The van der Waals surface area contributed by atoms with E-state index in [0.29, 0.717) is 30.5 Å². The number of hydrogen-bond donors (Lipinski definition) is 2. The highest BCUT2D eigenvalue weighted by atomic mass is 32.2. The largest absolute Gasteiger partial charge is 0.384 e. The van der Waals surface area contributed by atoms with Crippen molar-refractivity contribution >= 4 is 23.4 Å². The van der Waals surface area contributed by atoms with Gasteiger partial charge in [0.05, 0.1) is 5.75 Å². The van der Waals surface area contributed by atoms with Crippen molar-refractivity contribution in [3.63, 3.8) is 0 Å². The van der Waals surface area contributed by atoms with Gasteiger partial charge >= 0.3 is 5.69 Å². The second-order valence-electron chi connectivity index (χ2n) is 6.30. The van der Waals surface area contributed by atoms with Gasteiger partial charge in [0, 0.05) is 18.7 Å². The first-order valence-electron chi connectivity index (χ1n) is 9.25. The number of anilines is 1. The average Bonchev–Trinajstić information content (AvgIpc) is 3.13. The van der Waals surface area contributed by atoms with Crippen LogP contribution in [-0.4, -0.2) is 35.9 Å². The summed E-state index contributed by atoms with van der Waals surface area (Å²) in [5, 5.41) is 8.99. The topological polar surface area (TPSA) is 129 Å². The van der Waals surface area contributed by atoms with Crippen LogP contribution in [0.4, 0.5) is 5.82 Å². The Labute approximate surface area is 171 Å². The van der Waals surface area contributed by atoms with Gasteiger partial charge in [-0.1, -0.05) is 49.0 Å². The lowest BCUT2D eigenvalue weighted by atomic mass is 10.2. The highest BCUT2D eigenvalue weighted by Gasteiger charge is 2.21. The van der Waals surface area contributed by atoms with Gasteiger partial charge in [-0.2, -0.15) is 0 Å². The summed E-state index contributed by atoms with van der Waals surface area (Å²) in [6, 6.07) is 9.63. The fraction of sp³-hybridized carbons (Fsp3) is 0.316. The number of carbonyl (C=O) groups excluding carboxylic acids is 1. The van der Waals surface area contributed by atoms with E-state index in [0.717, 1.165) is 5.56 Å². The van der Waals surface area contributed by atoms with E-state index in [-0.39, 0.29) is 17.1 Å². The van der Waals surface area contributed by atoms with Gasteiger partial charge in [-0.15, -0.1) is 10.2 Å². The van der Waals surface area contributed by atoms with Crippen LogP contribution in [-0.2, 0) is 13.1 Å². The Kier molecular flexibility index (Phi) is 6.32. The highest BCUT2D eigenvalue weighted by Crippen LogP contribution is 2.24. The molecule has 0 bridgehead atoms. The molecule has 3 aromatic rings. The van der Waals surface area contributed by atoms with Crippen LogP contribution < -0.4 is 17.0 Å². The number of nitrogens with two attached hydrogens (primary N) is 1. The number of Topliss-reactive ketones (excluding diaryl/α,β-unsaturated/α-hetero) is 1. The molecule has 0 spiro atoms. The lowest BCUT2D eigenvalue weighted by Crippen LogP contribution is -2.36. The van der Waals surface area contributed by atoms with E-state index in [4.69, 9.17) is 5.73 Å². The Morgan fingerprint density at radius 2 is 1.86 bits per heavy atom. The third-order valence-electron chi connectivity index (χ3n) is 4.36. The highest BCUT2D eigenvalue weighted by molar-refractivity contribution is 7.99. The van der Waals surface area contributed by atoms with Gasteiger partial charge in [-0.05, 0) is 13.3 Å². The maximum absolute atomic E-state index is 12.7. The maximum atomic E-state index is 12.7. The van der Waals surface area contributed by atoms with E-state index in [2.05, 4.69) is 15.2 Å². The zero-order chi connectivity index (χ0) is 21.0. The summed E-state index contributed by atoms with van der Waals surface area (Å²) in [4.78, 5) is 39.0. The van der Waals surface area contributed by atoms with Gasteiger partial charge in [0.15, 0.2) is 16.8 Å². The number of benzene rings is 1. The number of nitrogen functional groups attached to an aromatic ring is 1. The number of aromatic amines is 1. The van der Waals surface area contributed by atoms with Gasteiger partial charge in [0.1, 0.15) is 11.4 Å². The Hall–Kier alpha value is -3.14. The molecular weight excluding hydrogens is 392 g/mol. The van der Waals surface area contributed by atoms with Gasteiger partial charge < -0.3 is 10.3 Å². The number of H-pyrrole nitrogens is 1. The summed E-state index contributed by atoms with van der Waals surface area (Å²) in [6.45, 7) is 4.78. The summed E-state index contributed by atoms with van der Waals surface area (Å²) in [7, 11) is 0. The molecule has 0 fully saturated rings. The van der Waals surface area contributed by atoms with Crippen LogP contribution in [0.2, 0.25) is 0 Å². The van der Waals surface area contributed by atoms with E-state index in [1.54, 1.807) is 0 Å². The van der Waals surface area contributed by atoms with E-state index < -0.39 is 17.0 Å². The third kappa shape index (κ3) is 4.16. The first kappa shape index (κ1) is 20.6. The number of rotatable bonds is 8. The predicted octanol–water partition coefficient (Wildman–Crippen LogP) is 1.78. The monoisotopic (exact) mass is 414 g/mol. The number of aromatic nitrogens is 5. The SMILES string of the molecule is CCCn1c(N)c(C(=O)CSc2nnc(-c3ccccc3)n2CC)c(=O)[nH]c1=O. The number of nitrogens with one attached hydrogen (secondary N) is 1. The van der Waals surface area contributed by atoms with Crippen molar-refractivity contribution in [3.05, 3.63) is 56.7 Å². The zero-order valence-corrected chi connectivity index (χ0v) is 17.0. The lowest BCUT2D eigenvalue weighted by molar-refractivity contribution is 0.102. The minimum Gasteiger partial charge on any atom is -0.384 e. The van der Waals surface area contributed by atoms with E-state index in [1.807, 2.05) is 48.7 Å². The van der Waals surface area contributed by atoms with Crippen LogP contribution in [0.5, 0.6) is 0 Å². The molecule has 0 aliphatic heterocycles. The van der Waals surface area contributed by atoms with Gasteiger partial charge in [0.25, 0.3) is 5.56 Å². The molecule has 3 rings (SSSR count). The summed E-state index contributed by atoms with van der Waals surface area (Å²) >= 11 is 1.17. The normalized spacial score (nSPS) is 11.0. The summed E-state index contributed by atoms with van der Waals surface area (Å²) < 4.78 is 3.11. The molecule has 0 atom stereocenters. The molecule has 0 unspecified atom stereocenters. The number of nitrogens with zero attached hydrogens (tertiary/aromatic N) is 4. The third-order valence-corrected chi connectivity index (χ3v) is 5.33. The zero-order valence-electron chi connectivity index (χ0n) is 16.2. The number of ketones is 1. The average molecular weight is 414 g/mol. The Balaban J connectivity index is 1.85. The van der Waals surface area contributed by atoms with Crippen LogP contribution in [0.3, 0.4) is 0 Å². The molecule has 0 saturated carbocycles. The molecule has 0 saturated heterocycles. The molecule has 0 aliphatic carbocycles. The van der Waals surface area contributed by atoms with Crippen molar-refractivity contribution in [1.82, 2.24) is 24.3 Å². The fourth-order valence-corrected chi connectivity index (χ4v) is 3.86. The molecule has 3 N–H and O–H groups in total. The van der Waals surface area contributed by atoms with E-state index in [9.17, 15) is 14.4 Å². The Morgan fingerprint density at radius 1 is 1.14 bits per heavy atom. The minimum absolute atomic E-state index is 0.0511. The van der Waals surface area contributed by atoms with Gasteiger partial charge in [-0.3, -0.25) is 19.1 Å². The number of carbonyl (C=O) groups is 1. The van der Waals surface area contributed by atoms with Crippen LogP contribution in [0.1, 0.15) is 30.6 Å². The summed E-state index contributed by atoms with van der Waals surface area (Å²) in [6.07, 6.45) is 0.639. The number of hydrogen-bond acceptors (Lipinski definition) is 7. The quantitative estimate of drug-likeness (QED) is 0.425. The molecule has 29 heavy (non-hydrogen) atoms.